The van der Waals surface area contributed by atoms with Crippen LogP contribution in [0.25, 0.3) is 0 Å². The number of benzene rings is 1. The van der Waals surface area contributed by atoms with Crippen molar-refractivity contribution in [2.24, 2.45) is 27.0 Å². The Morgan fingerprint density at radius 1 is 1.28 bits per heavy atom. The fourth-order valence-electron chi connectivity index (χ4n) is 6.29. The molecule has 1 N–H and O–H groups in total. The van der Waals surface area contributed by atoms with Gasteiger partial charge in [-0.05, 0) is 36.3 Å². The molecule has 2 aliphatic carbocycles. The highest BCUT2D eigenvalue weighted by Crippen LogP contribution is 2.65. The summed E-state index contributed by atoms with van der Waals surface area (Å²) in [6.45, 7) is 6.80. The van der Waals surface area contributed by atoms with Gasteiger partial charge >= 0.3 is 0 Å². The van der Waals surface area contributed by atoms with Gasteiger partial charge in [-0.25, -0.2) is 8.57 Å². The van der Waals surface area contributed by atoms with Gasteiger partial charge in [0.1, 0.15) is 5.60 Å². The van der Waals surface area contributed by atoms with Crippen molar-refractivity contribution < 1.29 is 18.8 Å². The van der Waals surface area contributed by atoms with Crippen molar-refractivity contribution >= 4 is 9.73 Å². The van der Waals surface area contributed by atoms with Gasteiger partial charge in [-0.3, -0.25) is 0 Å². The van der Waals surface area contributed by atoms with Crippen molar-refractivity contribution in [1.82, 2.24) is 0 Å². The van der Waals surface area contributed by atoms with Gasteiger partial charge < -0.3 is 14.6 Å². The zero-order chi connectivity index (χ0) is 21.1. The molecule has 5 nitrogen and oxygen atoms in total. The molecule has 1 aliphatic heterocycles. The second-order valence-corrected chi connectivity index (χ2v) is 12.1. The van der Waals surface area contributed by atoms with E-state index in [4.69, 9.17) is 9.47 Å². The van der Waals surface area contributed by atoms with Crippen LogP contribution >= 0.6 is 0 Å². The lowest BCUT2D eigenvalue weighted by Gasteiger charge is -2.57. The Kier molecular flexibility index (Phi) is 5.01. The minimum atomic E-state index is -2.80. The first-order valence-electron chi connectivity index (χ1n) is 10.4. The Bertz CT molecular complexity index is 920. The highest BCUT2D eigenvalue weighted by molar-refractivity contribution is 7.93. The minimum Gasteiger partial charge on any atom is -0.384 e. The van der Waals surface area contributed by atoms with E-state index in [9.17, 15) is 9.32 Å². The Morgan fingerprint density at radius 3 is 2.59 bits per heavy atom. The van der Waals surface area contributed by atoms with Crippen LogP contribution in [0.1, 0.15) is 33.6 Å². The van der Waals surface area contributed by atoms with Crippen LogP contribution < -0.4 is 0 Å². The maximum absolute atomic E-state index is 13.8. The maximum Gasteiger partial charge on any atom is 0.164 e. The molecule has 0 spiro atoms. The summed E-state index contributed by atoms with van der Waals surface area (Å²) in [4.78, 5) is 0.644. The largest absolute Gasteiger partial charge is 0.384 e. The second-order valence-electron chi connectivity index (χ2n) is 9.71. The fraction of sp³-hybridized carbons (Fsp3) is 0.652. The Hall–Kier alpha value is -1.21. The summed E-state index contributed by atoms with van der Waals surface area (Å²) in [6.07, 6.45) is 5.49. The van der Waals surface area contributed by atoms with Crippen LogP contribution in [0.15, 0.2) is 51.7 Å². The van der Waals surface area contributed by atoms with Gasteiger partial charge in [0.25, 0.3) is 0 Å². The van der Waals surface area contributed by atoms with Crippen LogP contribution in [0.3, 0.4) is 0 Å². The van der Waals surface area contributed by atoms with Crippen LogP contribution in [0.5, 0.6) is 0 Å². The summed E-state index contributed by atoms with van der Waals surface area (Å²) in [5.74, 6) is -0.0308. The third-order valence-corrected chi connectivity index (χ3v) is 10.1. The standard InChI is InChI=1S/C23H33NO4S/c1-21(2)13-12-18-22(3)17(21)11-14-23(25,19(22)20(27-5)28-18)15-29(26,24-4)16-9-7-6-8-10-16/h6-11,14,17-20,25H,12-13,15H2,1-5H3/t17-,18-,19-,20+,22+,23-,29?/m0/s1. The number of allylic oxidation sites excluding steroid dienone is 1. The molecule has 4 rings (SSSR count). The van der Waals surface area contributed by atoms with E-state index in [0.717, 1.165) is 12.8 Å². The summed E-state index contributed by atoms with van der Waals surface area (Å²) in [6, 6.07) is 9.24. The van der Waals surface area contributed by atoms with E-state index in [1.807, 2.05) is 36.4 Å². The van der Waals surface area contributed by atoms with Gasteiger partial charge in [0.05, 0.1) is 27.5 Å². The molecule has 1 aromatic carbocycles. The summed E-state index contributed by atoms with van der Waals surface area (Å²) in [7, 11) is 0.398. The van der Waals surface area contributed by atoms with Crippen molar-refractivity contribution in [3.8, 4) is 0 Å². The number of rotatable bonds is 4. The highest BCUT2D eigenvalue weighted by Gasteiger charge is 2.68. The Balaban J connectivity index is 1.83. The van der Waals surface area contributed by atoms with E-state index < -0.39 is 21.6 Å². The van der Waals surface area contributed by atoms with Crippen molar-refractivity contribution in [3.05, 3.63) is 42.5 Å². The van der Waals surface area contributed by atoms with Gasteiger partial charge in [0.15, 0.2) is 6.29 Å². The fourth-order valence-corrected chi connectivity index (χ4v) is 8.28. The lowest BCUT2D eigenvalue weighted by atomic mass is 9.48. The van der Waals surface area contributed by atoms with Gasteiger partial charge in [-0.2, -0.15) is 0 Å². The molecule has 6 heteroatoms. The first kappa shape index (κ1) is 21.0. The average Bonchev–Trinajstić information content (AvgIpc) is 3.00. The van der Waals surface area contributed by atoms with Gasteiger partial charge in [0.2, 0.25) is 0 Å². The molecule has 1 saturated carbocycles. The zero-order valence-corrected chi connectivity index (χ0v) is 18.8. The van der Waals surface area contributed by atoms with E-state index in [1.165, 1.54) is 0 Å². The molecule has 1 unspecified atom stereocenters. The highest BCUT2D eigenvalue weighted by atomic mass is 32.2. The number of methoxy groups -OCH3 is 1. The molecule has 0 bridgehead atoms. The normalized spacial score (nSPS) is 42.1. The minimum absolute atomic E-state index is 0.0123. The molecule has 3 aliphatic rings. The average molecular weight is 420 g/mol. The molecule has 0 radical (unpaired) electrons. The van der Waals surface area contributed by atoms with Gasteiger partial charge in [-0.1, -0.05) is 51.1 Å². The lowest BCUT2D eigenvalue weighted by Crippen LogP contribution is -2.61. The third kappa shape index (κ3) is 3.02. The van der Waals surface area contributed by atoms with E-state index >= 15 is 0 Å². The molecule has 29 heavy (non-hydrogen) atoms. The molecule has 160 valence electrons. The van der Waals surface area contributed by atoms with E-state index in [0.29, 0.717) is 4.90 Å². The summed E-state index contributed by atoms with van der Waals surface area (Å²) >= 11 is 0. The number of nitrogens with zero attached hydrogens (tertiary/aromatic N) is 1. The predicted molar refractivity (Wildman–Crippen MR) is 114 cm³/mol. The van der Waals surface area contributed by atoms with Crippen molar-refractivity contribution in [3.63, 3.8) is 0 Å². The topological polar surface area (TPSA) is 68.1 Å². The predicted octanol–water partition coefficient (Wildman–Crippen LogP) is 3.87. The maximum atomic E-state index is 13.8. The Labute approximate surface area is 174 Å². The molecular formula is C23H33NO4S. The van der Waals surface area contributed by atoms with Crippen LogP contribution in [-0.2, 0) is 19.2 Å². The quantitative estimate of drug-likeness (QED) is 0.752. The molecule has 0 aromatic heterocycles. The SMILES string of the molecule is CN=S(=O)(C[C@@]1(O)C=C[C@H]2C(C)(C)CC[C@@H]3O[C@@H](OC)[C@H]1[C@@]32C)c1ccccc1. The summed E-state index contributed by atoms with van der Waals surface area (Å²) in [5, 5.41) is 12.0. The Morgan fingerprint density at radius 2 is 1.97 bits per heavy atom. The van der Waals surface area contributed by atoms with Crippen LogP contribution in [0, 0.1) is 22.7 Å². The van der Waals surface area contributed by atoms with Crippen LogP contribution in [0.4, 0.5) is 0 Å². The molecule has 2 fully saturated rings. The first-order chi connectivity index (χ1) is 13.6. The molecule has 7 atom stereocenters. The monoisotopic (exact) mass is 419 g/mol. The zero-order valence-electron chi connectivity index (χ0n) is 18.0. The second kappa shape index (κ2) is 6.91. The van der Waals surface area contributed by atoms with Crippen molar-refractivity contribution in [2.45, 2.75) is 56.5 Å². The molecule has 0 amide bonds. The summed E-state index contributed by atoms with van der Waals surface area (Å²) in [5.41, 5.74) is -1.53. The van der Waals surface area contributed by atoms with Gasteiger partial charge in [0, 0.05) is 24.5 Å². The van der Waals surface area contributed by atoms with E-state index in [1.54, 1.807) is 14.2 Å². The van der Waals surface area contributed by atoms with E-state index in [-0.39, 0.29) is 34.5 Å². The number of hydrogen-bond acceptors (Lipinski definition) is 5. The third-order valence-electron chi connectivity index (χ3n) is 7.68. The molecule has 1 saturated heterocycles. The van der Waals surface area contributed by atoms with Crippen molar-refractivity contribution in [2.75, 3.05) is 19.9 Å². The molecular weight excluding hydrogens is 386 g/mol. The lowest BCUT2D eigenvalue weighted by molar-refractivity contribution is -0.156. The molecule has 1 aromatic rings. The summed E-state index contributed by atoms with van der Waals surface area (Å²) < 4.78 is 30.2. The van der Waals surface area contributed by atoms with Crippen LogP contribution in [-0.4, -0.2) is 47.2 Å². The smallest absolute Gasteiger partial charge is 0.164 e. The van der Waals surface area contributed by atoms with Crippen molar-refractivity contribution in [1.29, 1.82) is 0 Å². The van der Waals surface area contributed by atoms with E-state index in [2.05, 4.69) is 31.2 Å². The number of ether oxygens (including phenoxy) is 2. The van der Waals surface area contributed by atoms with Crippen LogP contribution in [0.2, 0.25) is 0 Å². The first-order valence-corrected chi connectivity index (χ1v) is 12.1. The number of aliphatic hydroxyl groups is 1. The molecule has 1 heterocycles. The number of hydrogen-bond donors (Lipinski definition) is 1. The van der Waals surface area contributed by atoms with Gasteiger partial charge in [-0.15, -0.1) is 0 Å².